The number of methoxy groups -OCH3 is 1. The predicted octanol–water partition coefficient (Wildman–Crippen LogP) is 0.253. The maximum absolute atomic E-state index is 8.68. The van der Waals surface area contributed by atoms with Crippen molar-refractivity contribution in [1.29, 1.82) is 0 Å². The average Bonchev–Trinajstić information content (AvgIpc) is 2.56. The Kier molecular flexibility index (Phi) is 5.14. The lowest BCUT2D eigenvalue weighted by atomic mass is 10.2. The zero-order chi connectivity index (χ0) is 12.2. The highest BCUT2D eigenvalue weighted by Gasteiger charge is 2.36. The molecule has 5 heteroatoms. The smallest absolute Gasteiger partial charge is 0.162 e. The summed E-state index contributed by atoms with van der Waals surface area (Å²) in [4.78, 5) is 0. The van der Waals surface area contributed by atoms with E-state index in [0.717, 1.165) is 12.8 Å². The molecule has 1 rings (SSSR count). The van der Waals surface area contributed by atoms with Crippen molar-refractivity contribution in [1.82, 2.24) is 0 Å². The normalized spacial score (nSPS) is 30.9. The predicted molar refractivity (Wildman–Crippen MR) is 60.0 cm³/mol. The van der Waals surface area contributed by atoms with Crippen LogP contribution >= 0.6 is 0 Å². The first-order valence-corrected chi connectivity index (χ1v) is 5.69. The number of aliphatic hydroxyl groups excluding tert-OH is 1. The maximum atomic E-state index is 8.68. The van der Waals surface area contributed by atoms with E-state index >= 15 is 0 Å². The SMILES string of the molecule is COC(C)(C)O[C@@H]1C[C@@H](OCCO)C[C@H]1N. The van der Waals surface area contributed by atoms with Gasteiger partial charge in [-0.1, -0.05) is 0 Å². The molecule has 0 amide bonds. The molecule has 5 nitrogen and oxygen atoms in total. The van der Waals surface area contributed by atoms with Gasteiger partial charge in [0, 0.05) is 19.6 Å². The Morgan fingerprint density at radius 3 is 2.62 bits per heavy atom. The maximum Gasteiger partial charge on any atom is 0.162 e. The molecule has 3 N–H and O–H groups in total. The second kappa shape index (κ2) is 5.93. The van der Waals surface area contributed by atoms with Gasteiger partial charge >= 0.3 is 0 Å². The lowest BCUT2D eigenvalue weighted by Crippen LogP contribution is -2.39. The molecular formula is C11H23NO4. The molecule has 0 unspecified atom stereocenters. The van der Waals surface area contributed by atoms with Crippen molar-refractivity contribution in [2.75, 3.05) is 20.3 Å². The van der Waals surface area contributed by atoms with Gasteiger partial charge in [0.05, 0.1) is 25.4 Å². The van der Waals surface area contributed by atoms with Crippen LogP contribution < -0.4 is 5.73 Å². The van der Waals surface area contributed by atoms with E-state index < -0.39 is 5.79 Å². The monoisotopic (exact) mass is 233 g/mol. The molecule has 1 fully saturated rings. The Morgan fingerprint density at radius 2 is 2.06 bits per heavy atom. The van der Waals surface area contributed by atoms with Gasteiger partial charge < -0.3 is 25.1 Å². The van der Waals surface area contributed by atoms with Crippen LogP contribution in [0.15, 0.2) is 0 Å². The van der Waals surface area contributed by atoms with Gasteiger partial charge in [-0.05, 0) is 20.3 Å². The molecule has 0 aromatic carbocycles. The minimum atomic E-state index is -0.617. The molecule has 0 spiro atoms. The van der Waals surface area contributed by atoms with Crippen LogP contribution in [0, 0.1) is 0 Å². The van der Waals surface area contributed by atoms with E-state index in [1.165, 1.54) is 0 Å². The molecule has 16 heavy (non-hydrogen) atoms. The number of hydrogen-bond donors (Lipinski definition) is 2. The summed E-state index contributed by atoms with van der Waals surface area (Å²) in [5, 5.41) is 8.68. The summed E-state index contributed by atoms with van der Waals surface area (Å²) in [6.45, 7) is 4.13. The summed E-state index contributed by atoms with van der Waals surface area (Å²) < 4.78 is 16.4. The fourth-order valence-electron chi connectivity index (χ4n) is 1.89. The van der Waals surface area contributed by atoms with Crippen LogP contribution in [-0.4, -0.2) is 49.5 Å². The van der Waals surface area contributed by atoms with Crippen LogP contribution in [0.5, 0.6) is 0 Å². The second-order valence-electron chi connectivity index (χ2n) is 4.61. The average molecular weight is 233 g/mol. The first-order chi connectivity index (χ1) is 7.48. The van der Waals surface area contributed by atoms with E-state index in [4.69, 9.17) is 25.1 Å². The van der Waals surface area contributed by atoms with Crippen molar-refractivity contribution in [3.8, 4) is 0 Å². The van der Waals surface area contributed by atoms with Gasteiger partial charge in [0.25, 0.3) is 0 Å². The summed E-state index contributed by atoms with van der Waals surface area (Å²) in [5.74, 6) is -0.617. The first kappa shape index (κ1) is 13.9. The second-order valence-corrected chi connectivity index (χ2v) is 4.61. The van der Waals surface area contributed by atoms with Crippen molar-refractivity contribution in [3.05, 3.63) is 0 Å². The molecule has 1 saturated carbocycles. The zero-order valence-corrected chi connectivity index (χ0v) is 10.3. The largest absolute Gasteiger partial charge is 0.394 e. The van der Waals surface area contributed by atoms with Gasteiger partial charge in [-0.3, -0.25) is 0 Å². The van der Waals surface area contributed by atoms with E-state index in [1.807, 2.05) is 13.8 Å². The van der Waals surface area contributed by atoms with E-state index in [-0.39, 0.29) is 24.9 Å². The standard InChI is InChI=1S/C11H23NO4/c1-11(2,14-3)16-10-7-8(6-9(10)12)15-5-4-13/h8-10,13H,4-7,12H2,1-3H3/t8-,9+,10+/m0/s1. The summed E-state index contributed by atoms with van der Waals surface area (Å²) in [6, 6.07) is -0.0295. The topological polar surface area (TPSA) is 73.9 Å². The zero-order valence-electron chi connectivity index (χ0n) is 10.3. The highest BCUT2D eigenvalue weighted by Crippen LogP contribution is 2.27. The minimum absolute atomic E-state index is 0.0295. The number of nitrogens with two attached hydrogens (primary N) is 1. The Labute approximate surface area is 96.9 Å². The van der Waals surface area contributed by atoms with Crippen molar-refractivity contribution < 1.29 is 19.3 Å². The Hall–Kier alpha value is -0.200. The Balaban J connectivity index is 2.39. The van der Waals surface area contributed by atoms with Gasteiger partial charge in [0.15, 0.2) is 5.79 Å². The van der Waals surface area contributed by atoms with Crippen molar-refractivity contribution in [2.45, 2.75) is 50.7 Å². The lowest BCUT2D eigenvalue weighted by molar-refractivity contribution is -0.225. The van der Waals surface area contributed by atoms with Crippen LogP contribution in [0.3, 0.4) is 0 Å². The fourth-order valence-corrected chi connectivity index (χ4v) is 1.89. The summed E-state index contributed by atoms with van der Waals surface area (Å²) in [5.41, 5.74) is 5.98. The molecule has 0 aliphatic heterocycles. The van der Waals surface area contributed by atoms with Crippen molar-refractivity contribution in [3.63, 3.8) is 0 Å². The third-order valence-electron chi connectivity index (χ3n) is 2.88. The molecule has 1 aliphatic carbocycles. The molecule has 0 aromatic rings. The Bertz CT molecular complexity index is 210. The molecule has 0 bridgehead atoms. The van der Waals surface area contributed by atoms with E-state index in [2.05, 4.69) is 0 Å². The van der Waals surface area contributed by atoms with Crippen LogP contribution in [0.1, 0.15) is 26.7 Å². The summed E-state index contributed by atoms with van der Waals surface area (Å²) in [7, 11) is 1.61. The van der Waals surface area contributed by atoms with E-state index in [1.54, 1.807) is 7.11 Å². The van der Waals surface area contributed by atoms with E-state index in [0.29, 0.717) is 6.61 Å². The summed E-state index contributed by atoms with van der Waals surface area (Å²) in [6.07, 6.45) is 1.57. The van der Waals surface area contributed by atoms with Crippen LogP contribution in [0.2, 0.25) is 0 Å². The lowest BCUT2D eigenvalue weighted by Gasteiger charge is -2.29. The fraction of sp³-hybridized carbons (Fsp3) is 1.00. The first-order valence-electron chi connectivity index (χ1n) is 5.69. The third kappa shape index (κ3) is 3.99. The molecule has 0 saturated heterocycles. The molecule has 0 heterocycles. The molecule has 96 valence electrons. The van der Waals surface area contributed by atoms with Crippen LogP contribution in [0.4, 0.5) is 0 Å². The van der Waals surface area contributed by atoms with Crippen molar-refractivity contribution in [2.24, 2.45) is 5.73 Å². The van der Waals surface area contributed by atoms with Gasteiger partial charge in [-0.25, -0.2) is 0 Å². The van der Waals surface area contributed by atoms with Gasteiger partial charge in [-0.15, -0.1) is 0 Å². The molecule has 0 aromatic heterocycles. The molecule has 1 aliphatic rings. The number of rotatable bonds is 6. The Morgan fingerprint density at radius 1 is 1.38 bits per heavy atom. The number of hydrogen-bond acceptors (Lipinski definition) is 5. The molecule has 3 atom stereocenters. The third-order valence-corrected chi connectivity index (χ3v) is 2.88. The number of aliphatic hydroxyl groups is 1. The van der Waals surface area contributed by atoms with Gasteiger partial charge in [0.1, 0.15) is 0 Å². The van der Waals surface area contributed by atoms with Crippen LogP contribution in [0.25, 0.3) is 0 Å². The highest BCUT2D eigenvalue weighted by molar-refractivity contribution is 4.89. The van der Waals surface area contributed by atoms with Gasteiger partial charge in [-0.2, -0.15) is 0 Å². The molecular weight excluding hydrogens is 210 g/mol. The van der Waals surface area contributed by atoms with Gasteiger partial charge in [0.2, 0.25) is 0 Å². The van der Waals surface area contributed by atoms with E-state index in [9.17, 15) is 0 Å². The van der Waals surface area contributed by atoms with Crippen molar-refractivity contribution >= 4 is 0 Å². The quantitative estimate of drug-likeness (QED) is 0.643. The number of ether oxygens (including phenoxy) is 3. The molecule has 0 radical (unpaired) electrons. The highest BCUT2D eigenvalue weighted by atomic mass is 16.7. The summed E-state index contributed by atoms with van der Waals surface area (Å²) >= 11 is 0. The van der Waals surface area contributed by atoms with Crippen LogP contribution in [-0.2, 0) is 14.2 Å². The minimum Gasteiger partial charge on any atom is -0.394 e.